The minimum absolute atomic E-state index is 0.179. The number of para-hydroxylation sites is 1. The Balaban J connectivity index is 1.85. The van der Waals surface area contributed by atoms with Crippen LogP contribution in [0.3, 0.4) is 0 Å². The Bertz CT molecular complexity index is 913. The standard InChI is InChI=1S/C18H21N5O4S/c19-13-6-2-1-5-11(13)14-8-12(15(28-14)22-17(20)25)16(24)27-10-4-3-7-23(9-10)18(21)26/h1-2,5-6,8,10H,3-4,7,9,19H2,(H2,21,26)(H3,20,22,25). The minimum atomic E-state index is -0.791. The molecule has 1 aliphatic rings. The van der Waals surface area contributed by atoms with Crippen molar-refractivity contribution < 1.29 is 19.1 Å². The van der Waals surface area contributed by atoms with Crippen molar-refractivity contribution >= 4 is 40.1 Å². The van der Waals surface area contributed by atoms with Gasteiger partial charge in [-0.3, -0.25) is 5.32 Å². The summed E-state index contributed by atoms with van der Waals surface area (Å²) >= 11 is 1.17. The summed E-state index contributed by atoms with van der Waals surface area (Å²) in [7, 11) is 0. The van der Waals surface area contributed by atoms with E-state index in [-0.39, 0.29) is 17.1 Å². The van der Waals surface area contributed by atoms with E-state index in [0.717, 1.165) is 5.56 Å². The zero-order chi connectivity index (χ0) is 20.3. The first-order valence-corrected chi connectivity index (χ1v) is 9.47. The summed E-state index contributed by atoms with van der Waals surface area (Å²) in [5.41, 5.74) is 18.0. The molecule has 0 bridgehead atoms. The number of nitrogen functional groups attached to an aromatic ring is 1. The number of amides is 4. The molecule has 1 atom stereocenters. The Hall–Kier alpha value is -3.27. The van der Waals surface area contributed by atoms with Crippen molar-refractivity contribution in [1.29, 1.82) is 0 Å². The van der Waals surface area contributed by atoms with E-state index in [1.54, 1.807) is 18.2 Å². The maximum Gasteiger partial charge on any atom is 0.341 e. The molecule has 1 aromatic heterocycles. The fraction of sp³-hybridized carbons (Fsp3) is 0.278. The van der Waals surface area contributed by atoms with Crippen LogP contribution >= 0.6 is 11.3 Å². The number of urea groups is 2. The lowest BCUT2D eigenvalue weighted by molar-refractivity contribution is 0.0129. The molecule has 1 aromatic carbocycles. The van der Waals surface area contributed by atoms with Gasteiger partial charge in [-0.15, -0.1) is 11.3 Å². The van der Waals surface area contributed by atoms with Crippen molar-refractivity contribution in [3.63, 3.8) is 0 Å². The molecule has 10 heteroatoms. The van der Waals surface area contributed by atoms with Gasteiger partial charge >= 0.3 is 18.0 Å². The van der Waals surface area contributed by atoms with Gasteiger partial charge in [0.25, 0.3) is 0 Å². The molecule has 7 N–H and O–H groups in total. The molecule has 1 unspecified atom stereocenters. The molecule has 1 fully saturated rings. The van der Waals surface area contributed by atoms with E-state index in [1.807, 2.05) is 12.1 Å². The zero-order valence-corrected chi connectivity index (χ0v) is 15.8. The number of benzene rings is 1. The summed E-state index contributed by atoms with van der Waals surface area (Å²) in [6, 6.07) is 7.46. The number of nitrogens with zero attached hydrogens (tertiary/aromatic N) is 1. The fourth-order valence-electron chi connectivity index (χ4n) is 3.05. The monoisotopic (exact) mass is 403 g/mol. The molecular formula is C18H21N5O4S. The van der Waals surface area contributed by atoms with Gasteiger partial charge in [-0.1, -0.05) is 18.2 Å². The van der Waals surface area contributed by atoms with Crippen molar-refractivity contribution in [2.75, 3.05) is 24.1 Å². The summed E-state index contributed by atoms with van der Waals surface area (Å²) in [6.45, 7) is 0.774. The number of likely N-dealkylation sites (tertiary alicyclic amines) is 1. The molecule has 1 saturated heterocycles. The molecule has 148 valence electrons. The Morgan fingerprint density at radius 3 is 2.64 bits per heavy atom. The number of esters is 1. The average molecular weight is 403 g/mol. The predicted octanol–water partition coefficient (Wildman–Crippen LogP) is 2.19. The van der Waals surface area contributed by atoms with Crippen LogP contribution in [0.5, 0.6) is 0 Å². The lowest BCUT2D eigenvalue weighted by atomic mass is 10.1. The topological polar surface area (TPSA) is 154 Å². The van der Waals surface area contributed by atoms with Crippen molar-refractivity contribution in [2.45, 2.75) is 18.9 Å². The molecule has 0 aliphatic carbocycles. The highest BCUT2D eigenvalue weighted by molar-refractivity contribution is 7.20. The number of piperidine rings is 1. The molecule has 3 rings (SSSR count). The van der Waals surface area contributed by atoms with Gasteiger partial charge in [0.05, 0.1) is 12.1 Å². The number of nitrogens with two attached hydrogens (primary N) is 3. The van der Waals surface area contributed by atoms with Gasteiger partial charge in [0.1, 0.15) is 11.1 Å². The number of rotatable bonds is 4. The highest BCUT2D eigenvalue weighted by Gasteiger charge is 2.27. The first-order chi connectivity index (χ1) is 13.3. The summed E-state index contributed by atoms with van der Waals surface area (Å²) in [4.78, 5) is 37.6. The molecular weight excluding hydrogens is 382 g/mol. The zero-order valence-electron chi connectivity index (χ0n) is 15.0. The van der Waals surface area contributed by atoms with E-state index in [0.29, 0.717) is 30.0 Å². The van der Waals surface area contributed by atoms with Gasteiger partial charge in [0, 0.05) is 22.7 Å². The second-order valence-electron chi connectivity index (χ2n) is 6.38. The minimum Gasteiger partial charge on any atom is -0.457 e. The molecule has 2 heterocycles. The Kier molecular flexibility index (Phi) is 5.69. The van der Waals surface area contributed by atoms with Gasteiger partial charge < -0.3 is 26.8 Å². The van der Waals surface area contributed by atoms with Crippen molar-refractivity contribution in [3.05, 3.63) is 35.9 Å². The summed E-state index contributed by atoms with van der Waals surface area (Å²) in [5.74, 6) is -0.614. The third-order valence-electron chi connectivity index (χ3n) is 4.38. The van der Waals surface area contributed by atoms with E-state index in [2.05, 4.69) is 5.32 Å². The second-order valence-corrected chi connectivity index (χ2v) is 7.44. The number of primary amides is 2. The summed E-state index contributed by atoms with van der Waals surface area (Å²) in [6.07, 6.45) is 0.833. The number of ether oxygens (including phenoxy) is 1. The van der Waals surface area contributed by atoms with Gasteiger partial charge in [0.2, 0.25) is 0 Å². The molecule has 28 heavy (non-hydrogen) atoms. The van der Waals surface area contributed by atoms with Crippen LogP contribution < -0.4 is 22.5 Å². The van der Waals surface area contributed by atoms with Crippen molar-refractivity contribution in [1.82, 2.24) is 4.90 Å². The molecule has 2 aromatic rings. The second kappa shape index (κ2) is 8.17. The predicted molar refractivity (Wildman–Crippen MR) is 107 cm³/mol. The largest absolute Gasteiger partial charge is 0.457 e. The third-order valence-corrected chi connectivity index (χ3v) is 5.46. The number of carbonyl (C=O) groups is 3. The first kappa shape index (κ1) is 19.5. The molecule has 9 nitrogen and oxygen atoms in total. The summed E-state index contributed by atoms with van der Waals surface area (Å²) in [5, 5.41) is 2.74. The van der Waals surface area contributed by atoms with Gasteiger partial charge in [-0.05, 0) is 25.0 Å². The number of hydrogen-bond acceptors (Lipinski definition) is 6. The van der Waals surface area contributed by atoms with E-state index >= 15 is 0 Å². The SMILES string of the molecule is NC(=O)Nc1sc(-c2ccccc2N)cc1C(=O)OC1CCCN(C(N)=O)C1. The van der Waals surface area contributed by atoms with Crippen LogP contribution in [0.4, 0.5) is 20.3 Å². The van der Waals surface area contributed by atoms with Crippen LogP contribution in [0.15, 0.2) is 30.3 Å². The van der Waals surface area contributed by atoms with E-state index in [4.69, 9.17) is 21.9 Å². The molecule has 4 amide bonds. The maximum atomic E-state index is 12.7. The first-order valence-electron chi connectivity index (χ1n) is 8.65. The number of nitrogens with one attached hydrogen (secondary N) is 1. The highest BCUT2D eigenvalue weighted by Crippen LogP contribution is 2.38. The van der Waals surface area contributed by atoms with Crippen LogP contribution in [-0.4, -0.2) is 42.1 Å². The molecule has 0 spiro atoms. The van der Waals surface area contributed by atoms with Crippen LogP contribution in [0.1, 0.15) is 23.2 Å². The number of anilines is 2. The molecule has 0 radical (unpaired) electrons. The van der Waals surface area contributed by atoms with Crippen LogP contribution in [0.25, 0.3) is 10.4 Å². The lowest BCUT2D eigenvalue weighted by Crippen LogP contribution is -2.46. The third kappa shape index (κ3) is 4.34. The Morgan fingerprint density at radius 2 is 1.96 bits per heavy atom. The van der Waals surface area contributed by atoms with E-state index < -0.39 is 24.1 Å². The van der Waals surface area contributed by atoms with Crippen LogP contribution in [0.2, 0.25) is 0 Å². The summed E-state index contributed by atoms with van der Waals surface area (Å²) < 4.78 is 5.55. The van der Waals surface area contributed by atoms with Gasteiger partial charge in [-0.2, -0.15) is 0 Å². The van der Waals surface area contributed by atoms with Gasteiger partial charge in [0.15, 0.2) is 0 Å². The molecule has 0 saturated carbocycles. The lowest BCUT2D eigenvalue weighted by Gasteiger charge is -2.31. The Labute approximate surface area is 165 Å². The van der Waals surface area contributed by atoms with Crippen molar-refractivity contribution in [2.24, 2.45) is 11.5 Å². The Morgan fingerprint density at radius 1 is 1.21 bits per heavy atom. The quantitative estimate of drug-likeness (QED) is 0.455. The normalized spacial score (nSPS) is 16.4. The average Bonchev–Trinajstić information content (AvgIpc) is 3.05. The number of carbonyl (C=O) groups excluding carboxylic acids is 3. The van der Waals surface area contributed by atoms with Crippen molar-refractivity contribution in [3.8, 4) is 10.4 Å². The number of thiophene rings is 1. The smallest absolute Gasteiger partial charge is 0.341 e. The maximum absolute atomic E-state index is 12.7. The number of hydrogen-bond donors (Lipinski definition) is 4. The highest BCUT2D eigenvalue weighted by atomic mass is 32.1. The van der Waals surface area contributed by atoms with E-state index in [9.17, 15) is 14.4 Å². The van der Waals surface area contributed by atoms with Crippen LogP contribution in [-0.2, 0) is 4.74 Å². The fourth-order valence-corrected chi connectivity index (χ4v) is 4.15. The molecule has 1 aliphatic heterocycles. The van der Waals surface area contributed by atoms with E-state index in [1.165, 1.54) is 16.2 Å². The van der Waals surface area contributed by atoms with Gasteiger partial charge in [-0.25, -0.2) is 14.4 Å². The van der Waals surface area contributed by atoms with Crippen LogP contribution in [0, 0.1) is 0 Å².